The van der Waals surface area contributed by atoms with Crippen LogP contribution in [0, 0.1) is 0 Å². The topological polar surface area (TPSA) is 69.6 Å². The first-order valence-electron chi connectivity index (χ1n) is 8.37. The molecule has 1 aliphatic rings. The number of aliphatic hydroxyl groups is 1. The normalized spacial score (nSPS) is 19.0. The van der Waals surface area contributed by atoms with Gasteiger partial charge in [0.05, 0.1) is 12.0 Å². The molecule has 0 unspecified atom stereocenters. The van der Waals surface area contributed by atoms with Gasteiger partial charge in [-0.05, 0) is 23.6 Å². The fourth-order valence-electron chi connectivity index (χ4n) is 3.60. The molecule has 1 atom stereocenters. The first-order valence-corrected chi connectivity index (χ1v) is 8.37. The number of fused-ring (bicyclic) bond motifs is 1. The number of para-hydroxylation sites is 1. The zero-order valence-corrected chi connectivity index (χ0v) is 14.2. The van der Waals surface area contributed by atoms with Crippen molar-refractivity contribution in [1.29, 1.82) is 0 Å². The Morgan fingerprint density at radius 3 is 2.52 bits per heavy atom. The van der Waals surface area contributed by atoms with Gasteiger partial charge in [0, 0.05) is 25.7 Å². The second-order valence-corrected chi connectivity index (χ2v) is 6.38. The molecule has 0 saturated heterocycles. The number of hydrogen-bond acceptors (Lipinski definition) is 3. The van der Waals surface area contributed by atoms with Crippen molar-refractivity contribution in [3.05, 3.63) is 65.7 Å². The van der Waals surface area contributed by atoms with E-state index >= 15 is 0 Å². The summed E-state index contributed by atoms with van der Waals surface area (Å²) in [5.41, 5.74) is 1.81. The van der Waals surface area contributed by atoms with Crippen LogP contribution in [0.1, 0.15) is 17.5 Å². The van der Waals surface area contributed by atoms with E-state index in [2.05, 4.69) is 5.32 Å². The summed E-state index contributed by atoms with van der Waals surface area (Å²) in [6, 6.07) is 17.4. The lowest BCUT2D eigenvalue weighted by atomic mass is 9.73. The summed E-state index contributed by atoms with van der Waals surface area (Å²) in [7, 11) is 1.75. The summed E-state index contributed by atoms with van der Waals surface area (Å²) >= 11 is 0. The van der Waals surface area contributed by atoms with E-state index in [-0.39, 0.29) is 31.4 Å². The zero-order chi connectivity index (χ0) is 17.9. The molecular weight excluding hydrogens is 316 g/mol. The number of nitrogens with zero attached hydrogens (tertiary/aromatic N) is 1. The summed E-state index contributed by atoms with van der Waals surface area (Å²) in [6.45, 7) is 0.0633. The number of amides is 2. The molecule has 2 N–H and O–H groups in total. The molecule has 2 aromatic carbocycles. The quantitative estimate of drug-likeness (QED) is 0.841. The molecular formula is C20H22N2O3. The molecule has 1 aliphatic heterocycles. The van der Waals surface area contributed by atoms with Crippen LogP contribution < -0.4 is 10.2 Å². The minimum absolute atomic E-state index is 0.0576. The van der Waals surface area contributed by atoms with E-state index in [1.54, 1.807) is 11.9 Å². The number of rotatable bonds is 6. The number of hydrogen-bond donors (Lipinski definition) is 2. The van der Waals surface area contributed by atoms with Gasteiger partial charge >= 0.3 is 0 Å². The van der Waals surface area contributed by atoms with Crippen molar-refractivity contribution in [2.24, 2.45) is 0 Å². The molecule has 25 heavy (non-hydrogen) atoms. The molecule has 1 heterocycles. The van der Waals surface area contributed by atoms with Gasteiger partial charge in [0.1, 0.15) is 0 Å². The van der Waals surface area contributed by atoms with E-state index in [4.69, 9.17) is 5.11 Å². The molecule has 0 aliphatic carbocycles. The average molecular weight is 338 g/mol. The number of carbonyl (C=O) groups is 2. The van der Waals surface area contributed by atoms with Crippen LogP contribution in [0.3, 0.4) is 0 Å². The van der Waals surface area contributed by atoms with Crippen LogP contribution in [0.5, 0.6) is 0 Å². The lowest BCUT2D eigenvalue weighted by molar-refractivity contribution is -0.129. The van der Waals surface area contributed by atoms with Crippen LogP contribution in [0.25, 0.3) is 0 Å². The van der Waals surface area contributed by atoms with E-state index in [9.17, 15) is 9.59 Å². The SMILES string of the molecule is CN1C(=O)[C@](CC(=O)NCCO)(Cc2ccccc2)c2ccccc21. The number of nitrogens with one attached hydrogen (secondary N) is 1. The minimum atomic E-state index is -0.924. The molecule has 2 aromatic rings. The third-order valence-corrected chi connectivity index (χ3v) is 4.74. The minimum Gasteiger partial charge on any atom is -0.395 e. The van der Waals surface area contributed by atoms with E-state index in [0.29, 0.717) is 6.42 Å². The van der Waals surface area contributed by atoms with Gasteiger partial charge in [0.25, 0.3) is 0 Å². The third-order valence-electron chi connectivity index (χ3n) is 4.74. The van der Waals surface area contributed by atoms with Crippen molar-refractivity contribution in [3.8, 4) is 0 Å². The van der Waals surface area contributed by atoms with E-state index in [1.165, 1.54) is 0 Å². The molecule has 0 spiro atoms. The monoisotopic (exact) mass is 338 g/mol. The maximum absolute atomic E-state index is 13.2. The Balaban J connectivity index is 2.03. The highest BCUT2D eigenvalue weighted by atomic mass is 16.3. The van der Waals surface area contributed by atoms with Crippen LogP contribution in [0.4, 0.5) is 5.69 Å². The number of benzene rings is 2. The Hall–Kier alpha value is -2.66. The Bertz CT molecular complexity index is 776. The highest BCUT2D eigenvalue weighted by Crippen LogP contribution is 2.45. The Kier molecular flexibility index (Phi) is 4.86. The average Bonchev–Trinajstić information content (AvgIpc) is 2.84. The Labute approximate surface area is 147 Å². The van der Waals surface area contributed by atoms with Crippen LogP contribution in [-0.4, -0.2) is 37.1 Å². The van der Waals surface area contributed by atoms with E-state index in [0.717, 1.165) is 16.8 Å². The highest BCUT2D eigenvalue weighted by molar-refractivity contribution is 6.09. The molecule has 5 heteroatoms. The van der Waals surface area contributed by atoms with Gasteiger partial charge in [0.2, 0.25) is 11.8 Å². The van der Waals surface area contributed by atoms with Crippen LogP contribution in [0.15, 0.2) is 54.6 Å². The van der Waals surface area contributed by atoms with Gasteiger partial charge in [-0.2, -0.15) is 0 Å². The standard InChI is InChI=1S/C20H22N2O3/c1-22-17-10-6-5-9-16(17)20(19(22)25,14-18(24)21-11-12-23)13-15-7-3-2-4-8-15/h2-10,23H,11-14H2,1H3,(H,21,24)/t20-/m0/s1. The number of carbonyl (C=O) groups excluding carboxylic acids is 2. The molecule has 5 nitrogen and oxygen atoms in total. The molecule has 0 saturated carbocycles. The van der Waals surface area contributed by atoms with Gasteiger partial charge in [0.15, 0.2) is 0 Å². The fraction of sp³-hybridized carbons (Fsp3) is 0.300. The van der Waals surface area contributed by atoms with E-state index in [1.807, 2.05) is 54.6 Å². The first kappa shape index (κ1) is 17.2. The van der Waals surface area contributed by atoms with Crippen molar-refractivity contribution >= 4 is 17.5 Å². The number of aliphatic hydroxyl groups excluding tert-OH is 1. The third kappa shape index (κ3) is 3.15. The molecule has 0 aromatic heterocycles. The Morgan fingerprint density at radius 2 is 1.80 bits per heavy atom. The van der Waals surface area contributed by atoms with Crippen molar-refractivity contribution < 1.29 is 14.7 Å². The summed E-state index contributed by atoms with van der Waals surface area (Å²) in [6.07, 6.45) is 0.517. The van der Waals surface area contributed by atoms with Crippen LogP contribution in [-0.2, 0) is 21.4 Å². The van der Waals surface area contributed by atoms with Gasteiger partial charge in [-0.3, -0.25) is 9.59 Å². The second kappa shape index (κ2) is 7.07. The van der Waals surface area contributed by atoms with Crippen molar-refractivity contribution in [3.63, 3.8) is 0 Å². The van der Waals surface area contributed by atoms with E-state index < -0.39 is 5.41 Å². The van der Waals surface area contributed by atoms with Crippen LogP contribution >= 0.6 is 0 Å². The second-order valence-electron chi connectivity index (χ2n) is 6.38. The molecule has 0 fully saturated rings. The van der Waals surface area contributed by atoms with Gasteiger partial charge < -0.3 is 15.3 Å². The van der Waals surface area contributed by atoms with Gasteiger partial charge in [-0.15, -0.1) is 0 Å². The molecule has 3 rings (SSSR count). The summed E-state index contributed by atoms with van der Waals surface area (Å²) in [4.78, 5) is 27.3. The maximum Gasteiger partial charge on any atom is 0.238 e. The first-order chi connectivity index (χ1) is 12.1. The lowest BCUT2D eigenvalue weighted by Crippen LogP contribution is -2.44. The zero-order valence-electron chi connectivity index (χ0n) is 14.2. The van der Waals surface area contributed by atoms with Gasteiger partial charge in [-0.25, -0.2) is 0 Å². The predicted octanol–water partition coefficient (Wildman–Crippen LogP) is 1.64. The number of anilines is 1. The summed E-state index contributed by atoms with van der Waals surface area (Å²) in [5, 5.41) is 11.6. The predicted molar refractivity (Wildman–Crippen MR) is 96.4 cm³/mol. The largest absolute Gasteiger partial charge is 0.395 e. The smallest absolute Gasteiger partial charge is 0.238 e. The lowest BCUT2D eigenvalue weighted by Gasteiger charge is -2.28. The highest BCUT2D eigenvalue weighted by Gasteiger charge is 2.50. The van der Waals surface area contributed by atoms with Crippen molar-refractivity contribution in [1.82, 2.24) is 5.32 Å². The van der Waals surface area contributed by atoms with Crippen molar-refractivity contribution in [2.75, 3.05) is 25.1 Å². The number of likely N-dealkylation sites (N-methyl/N-ethyl adjacent to an activating group) is 1. The van der Waals surface area contributed by atoms with Crippen molar-refractivity contribution in [2.45, 2.75) is 18.3 Å². The molecule has 0 bridgehead atoms. The summed E-state index contributed by atoms with van der Waals surface area (Å²) in [5.74, 6) is -0.305. The van der Waals surface area contributed by atoms with Gasteiger partial charge in [-0.1, -0.05) is 48.5 Å². The maximum atomic E-state index is 13.2. The summed E-state index contributed by atoms with van der Waals surface area (Å²) < 4.78 is 0. The molecule has 0 radical (unpaired) electrons. The Morgan fingerprint density at radius 1 is 1.12 bits per heavy atom. The fourth-order valence-corrected chi connectivity index (χ4v) is 3.60. The van der Waals surface area contributed by atoms with Crippen LogP contribution in [0.2, 0.25) is 0 Å². The molecule has 130 valence electrons. The molecule has 2 amide bonds.